The highest BCUT2D eigenvalue weighted by molar-refractivity contribution is 5.75. The van der Waals surface area contributed by atoms with Crippen LogP contribution in [0.25, 0.3) is 0 Å². The smallest absolute Gasteiger partial charge is 0.325 e. The third kappa shape index (κ3) is 2.17. The van der Waals surface area contributed by atoms with Gasteiger partial charge in [0.15, 0.2) is 0 Å². The molecule has 0 heterocycles. The van der Waals surface area contributed by atoms with E-state index in [-0.39, 0.29) is 12.7 Å². The number of hydrogen-bond donors (Lipinski definition) is 2. The number of ether oxygens (including phenoxy) is 1. The summed E-state index contributed by atoms with van der Waals surface area (Å²) in [6.45, 7) is -0.342. The Morgan fingerprint density at radius 3 is 2.73 bits per heavy atom. The van der Waals surface area contributed by atoms with Gasteiger partial charge in [0.1, 0.15) is 12.1 Å². The van der Waals surface area contributed by atoms with Gasteiger partial charge in [0.25, 0.3) is 0 Å². The van der Waals surface area contributed by atoms with Crippen molar-refractivity contribution in [3.63, 3.8) is 0 Å². The number of nitrogens with two attached hydrogens (primary N) is 1. The number of esters is 1. The van der Waals surface area contributed by atoms with Gasteiger partial charge in [0.05, 0.1) is 6.61 Å². The van der Waals surface area contributed by atoms with Crippen molar-refractivity contribution in [2.75, 3.05) is 6.61 Å². The van der Waals surface area contributed by atoms with Crippen molar-refractivity contribution in [3.8, 4) is 0 Å². The Bertz CT molecular complexity index is 145. The maximum absolute atomic E-state index is 10.9. The SMILES string of the molecule is NC(CO)C(=O)OC1CCC1. The van der Waals surface area contributed by atoms with Crippen molar-refractivity contribution < 1.29 is 14.6 Å². The van der Waals surface area contributed by atoms with Crippen molar-refractivity contribution in [3.05, 3.63) is 0 Å². The van der Waals surface area contributed by atoms with Crippen LogP contribution in [0.5, 0.6) is 0 Å². The van der Waals surface area contributed by atoms with Crippen LogP contribution in [-0.2, 0) is 9.53 Å². The Morgan fingerprint density at radius 1 is 1.73 bits per heavy atom. The number of carbonyl (C=O) groups is 1. The van der Waals surface area contributed by atoms with Gasteiger partial charge in [-0.25, -0.2) is 0 Å². The van der Waals surface area contributed by atoms with Crippen LogP contribution in [-0.4, -0.2) is 29.8 Å². The number of aliphatic hydroxyl groups excluding tert-OH is 1. The number of aliphatic hydroxyl groups is 1. The first-order valence-corrected chi connectivity index (χ1v) is 3.81. The van der Waals surface area contributed by atoms with E-state index in [0.717, 1.165) is 19.3 Å². The van der Waals surface area contributed by atoms with Crippen LogP contribution in [0.4, 0.5) is 0 Å². The molecular formula is C7H13NO3. The van der Waals surface area contributed by atoms with E-state index in [9.17, 15) is 4.79 Å². The van der Waals surface area contributed by atoms with E-state index in [4.69, 9.17) is 15.6 Å². The number of rotatable bonds is 3. The van der Waals surface area contributed by atoms with Crippen LogP contribution in [0.15, 0.2) is 0 Å². The fraction of sp³-hybridized carbons (Fsp3) is 0.857. The van der Waals surface area contributed by atoms with E-state index >= 15 is 0 Å². The van der Waals surface area contributed by atoms with Crippen LogP contribution in [0, 0.1) is 0 Å². The van der Waals surface area contributed by atoms with Crippen LogP contribution in [0.1, 0.15) is 19.3 Å². The van der Waals surface area contributed by atoms with Crippen LogP contribution < -0.4 is 5.73 Å². The van der Waals surface area contributed by atoms with E-state index in [2.05, 4.69) is 0 Å². The van der Waals surface area contributed by atoms with Crippen LogP contribution >= 0.6 is 0 Å². The summed E-state index contributed by atoms with van der Waals surface area (Å²) in [6.07, 6.45) is 3.04. The molecule has 64 valence electrons. The molecule has 1 unspecified atom stereocenters. The summed E-state index contributed by atoms with van der Waals surface area (Å²) in [6, 6.07) is -0.865. The molecule has 3 N–H and O–H groups in total. The average Bonchev–Trinajstić information content (AvgIpc) is 1.94. The largest absolute Gasteiger partial charge is 0.461 e. The van der Waals surface area contributed by atoms with E-state index in [1.807, 2.05) is 0 Å². The second-order valence-corrected chi connectivity index (χ2v) is 2.78. The van der Waals surface area contributed by atoms with Gasteiger partial charge in [0, 0.05) is 0 Å². The molecular weight excluding hydrogens is 146 g/mol. The third-order valence-electron chi connectivity index (χ3n) is 1.83. The zero-order chi connectivity index (χ0) is 8.27. The highest BCUT2D eigenvalue weighted by Crippen LogP contribution is 2.21. The standard InChI is InChI=1S/C7H13NO3/c8-6(4-9)7(10)11-5-2-1-3-5/h5-6,9H,1-4,8H2. The molecule has 0 aromatic carbocycles. The molecule has 4 nitrogen and oxygen atoms in total. The highest BCUT2D eigenvalue weighted by Gasteiger charge is 2.24. The molecule has 0 radical (unpaired) electrons. The lowest BCUT2D eigenvalue weighted by atomic mass is 9.96. The molecule has 1 saturated carbocycles. The van der Waals surface area contributed by atoms with Crippen molar-refractivity contribution >= 4 is 5.97 Å². The molecule has 0 aromatic heterocycles. The fourth-order valence-electron chi connectivity index (χ4n) is 0.815. The van der Waals surface area contributed by atoms with Crippen LogP contribution in [0.2, 0.25) is 0 Å². The summed E-state index contributed by atoms with van der Waals surface area (Å²) >= 11 is 0. The quantitative estimate of drug-likeness (QED) is 0.539. The van der Waals surface area contributed by atoms with E-state index in [1.165, 1.54) is 0 Å². The predicted octanol–water partition coefficient (Wildman–Crippen LogP) is -0.598. The number of hydrogen-bond acceptors (Lipinski definition) is 4. The first kappa shape index (κ1) is 8.49. The zero-order valence-electron chi connectivity index (χ0n) is 6.32. The van der Waals surface area contributed by atoms with Gasteiger partial charge in [-0.3, -0.25) is 4.79 Å². The predicted molar refractivity (Wildman–Crippen MR) is 38.8 cm³/mol. The number of carbonyl (C=O) groups excluding carboxylic acids is 1. The fourth-order valence-corrected chi connectivity index (χ4v) is 0.815. The Balaban J connectivity index is 2.19. The molecule has 1 atom stereocenters. The minimum atomic E-state index is -0.865. The molecule has 1 aliphatic rings. The Kier molecular flexibility index (Phi) is 2.84. The highest BCUT2D eigenvalue weighted by atomic mass is 16.5. The second kappa shape index (κ2) is 3.69. The van der Waals surface area contributed by atoms with E-state index in [1.54, 1.807) is 0 Å². The van der Waals surface area contributed by atoms with Crippen molar-refractivity contribution in [2.45, 2.75) is 31.4 Å². The van der Waals surface area contributed by atoms with Gasteiger partial charge >= 0.3 is 5.97 Å². The van der Waals surface area contributed by atoms with Crippen molar-refractivity contribution in [1.29, 1.82) is 0 Å². The lowest BCUT2D eigenvalue weighted by molar-refractivity contribution is -0.155. The van der Waals surface area contributed by atoms with Gasteiger partial charge in [-0.15, -0.1) is 0 Å². The Labute approximate surface area is 65.3 Å². The summed E-state index contributed by atoms with van der Waals surface area (Å²) in [7, 11) is 0. The van der Waals surface area contributed by atoms with Crippen LogP contribution in [0.3, 0.4) is 0 Å². The molecule has 1 aliphatic carbocycles. The monoisotopic (exact) mass is 159 g/mol. The van der Waals surface area contributed by atoms with Gasteiger partial charge in [-0.2, -0.15) is 0 Å². The topological polar surface area (TPSA) is 72.5 Å². The molecule has 0 spiro atoms. The molecule has 1 fully saturated rings. The summed E-state index contributed by atoms with van der Waals surface area (Å²) in [5, 5.41) is 8.48. The summed E-state index contributed by atoms with van der Waals surface area (Å²) in [5.41, 5.74) is 5.22. The Morgan fingerprint density at radius 2 is 2.36 bits per heavy atom. The summed E-state index contributed by atoms with van der Waals surface area (Å²) in [5.74, 6) is -0.489. The molecule has 0 aromatic rings. The summed E-state index contributed by atoms with van der Waals surface area (Å²) < 4.78 is 4.92. The van der Waals surface area contributed by atoms with E-state index in [0.29, 0.717) is 0 Å². The maximum Gasteiger partial charge on any atom is 0.325 e. The minimum absolute atomic E-state index is 0.0556. The molecule has 0 amide bonds. The normalized spacial score (nSPS) is 20.5. The van der Waals surface area contributed by atoms with Gasteiger partial charge in [-0.1, -0.05) is 0 Å². The zero-order valence-corrected chi connectivity index (χ0v) is 6.32. The van der Waals surface area contributed by atoms with E-state index < -0.39 is 12.0 Å². The lowest BCUT2D eigenvalue weighted by Gasteiger charge is -2.26. The molecule has 0 saturated heterocycles. The Hall–Kier alpha value is -0.610. The molecule has 11 heavy (non-hydrogen) atoms. The first-order valence-electron chi connectivity index (χ1n) is 3.81. The molecule has 0 bridgehead atoms. The third-order valence-corrected chi connectivity index (χ3v) is 1.83. The van der Waals surface area contributed by atoms with Gasteiger partial charge < -0.3 is 15.6 Å². The maximum atomic E-state index is 10.9. The molecule has 1 rings (SSSR count). The lowest BCUT2D eigenvalue weighted by Crippen LogP contribution is -2.39. The molecule has 4 heteroatoms. The first-order chi connectivity index (χ1) is 5.24. The van der Waals surface area contributed by atoms with Crippen molar-refractivity contribution in [1.82, 2.24) is 0 Å². The van der Waals surface area contributed by atoms with Gasteiger partial charge in [-0.05, 0) is 19.3 Å². The second-order valence-electron chi connectivity index (χ2n) is 2.78. The van der Waals surface area contributed by atoms with Gasteiger partial charge in [0.2, 0.25) is 0 Å². The molecule has 0 aliphatic heterocycles. The average molecular weight is 159 g/mol. The minimum Gasteiger partial charge on any atom is -0.461 e. The summed E-state index contributed by atoms with van der Waals surface area (Å²) in [4.78, 5) is 10.9. The van der Waals surface area contributed by atoms with Crippen molar-refractivity contribution in [2.24, 2.45) is 5.73 Å².